The van der Waals surface area contributed by atoms with Crippen LogP contribution in [0.1, 0.15) is 0 Å². The number of nitrogens with zero attached hydrogens (tertiary/aromatic N) is 2. The molecular formula is C7H5BrF2N2O3. The standard InChI is InChI=1S/C7H5BrF2N2O3/c8-4-1-5(12(14)15)7(13)11(2-4)3-6(9)10/h1-2,6H,3H2. The molecule has 0 aliphatic heterocycles. The fourth-order valence-corrected chi connectivity index (χ4v) is 1.46. The van der Waals surface area contributed by atoms with Crippen LogP contribution in [-0.4, -0.2) is 15.9 Å². The summed E-state index contributed by atoms with van der Waals surface area (Å²) in [7, 11) is 0. The maximum Gasteiger partial charge on any atom is 0.335 e. The molecule has 0 atom stereocenters. The summed E-state index contributed by atoms with van der Waals surface area (Å²) in [6, 6.07) is 0.976. The summed E-state index contributed by atoms with van der Waals surface area (Å²) in [4.78, 5) is 20.8. The van der Waals surface area contributed by atoms with Gasteiger partial charge in [-0.1, -0.05) is 0 Å². The molecule has 0 N–H and O–H groups in total. The number of hydrogen-bond acceptors (Lipinski definition) is 3. The summed E-state index contributed by atoms with van der Waals surface area (Å²) < 4.78 is 24.8. The van der Waals surface area contributed by atoms with Crippen LogP contribution in [0.25, 0.3) is 0 Å². The Morgan fingerprint density at radius 3 is 2.67 bits per heavy atom. The Morgan fingerprint density at radius 1 is 1.60 bits per heavy atom. The van der Waals surface area contributed by atoms with Crippen molar-refractivity contribution < 1.29 is 13.7 Å². The molecule has 0 fully saturated rings. The first-order chi connectivity index (χ1) is 6.91. The molecule has 1 aromatic rings. The van der Waals surface area contributed by atoms with E-state index in [9.17, 15) is 23.7 Å². The minimum atomic E-state index is -2.74. The Bertz CT molecular complexity index is 446. The maximum absolute atomic E-state index is 12.0. The van der Waals surface area contributed by atoms with Crippen LogP contribution in [0.15, 0.2) is 21.5 Å². The van der Waals surface area contributed by atoms with Gasteiger partial charge in [0.05, 0.1) is 11.5 Å². The van der Waals surface area contributed by atoms with E-state index >= 15 is 0 Å². The van der Waals surface area contributed by atoms with Crippen LogP contribution in [0.4, 0.5) is 14.5 Å². The second kappa shape index (κ2) is 4.47. The summed E-state index contributed by atoms with van der Waals surface area (Å²) in [5.41, 5.74) is -1.77. The van der Waals surface area contributed by atoms with Crippen LogP contribution >= 0.6 is 15.9 Å². The van der Waals surface area contributed by atoms with Gasteiger partial charge in [0.1, 0.15) is 0 Å². The van der Waals surface area contributed by atoms with Crippen molar-refractivity contribution in [1.29, 1.82) is 0 Å². The van der Waals surface area contributed by atoms with Gasteiger partial charge < -0.3 is 4.57 Å². The molecular weight excluding hydrogens is 278 g/mol. The van der Waals surface area contributed by atoms with Gasteiger partial charge in [-0.3, -0.25) is 14.9 Å². The van der Waals surface area contributed by atoms with Gasteiger partial charge in [0, 0.05) is 16.7 Å². The maximum atomic E-state index is 12.0. The predicted molar refractivity (Wildman–Crippen MR) is 51.1 cm³/mol. The van der Waals surface area contributed by atoms with E-state index in [2.05, 4.69) is 15.9 Å². The highest BCUT2D eigenvalue weighted by Gasteiger charge is 2.17. The van der Waals surface area contributed by atoms with Crippen molar-refractivity contribution in [2.75, 3.05) is 0 Å². The van der Waals surface area contributed by atoms with Gasteiger partial charge >= 0.3 is 11.2 Å². The van der Waals surface area contributed by atoms with Crippen molar-refractivity contribution in [2.45, 2.75) is 13.0 Å². The Hall–Kier alpha value is -1.31. The number of hydrogen-bond donors (Lipinski definition) is 0. The van der Waals surface area contributed by atoms with Crippen LogP contribution in [-0.2, 0) is 6.54 Å². The molecule has 0 aromatic carbocycles. The van der Waals surface area contributed by atoms with Crippen molar-refractivity contribution in [1.82, 2.24) is 4.57 Å². The highest BCUT2D eigenvalue weighted by molar-refractivity contribution is 9.10. The number of rotatable bonds is 3. The van der Waals surface area contributed by atoms with Crippen LogP contribution < -0.4 is 5.56 Å². The van der Waals surface area contributed by atoms with Crippen molar-refractivity contribution >= 4 is 21.6 Å². The van der Waals surface area contributed by atoms with Gasteiger partial charge in [0.15, 0.2) is 0 Å². The molecule has 0 aliphatic carbocycles. The molecule has 15 heavy (non-hydrogen) atoms. The summed E-state index contributed by atoms with van der Waals surface area (Å²) in [5, 5.41) is 10.4. The molecule has 8 heteroatoms. The minimum Gasteiger partial charge on any atom is -0.303 e. The molecule has 0 spiro atoms. The number of halogens is 3. The quantitative estimate of drug-likeness (QED) is 0.627. The highest BCUT2D eigenvalue weighted by atomic mass is 79.9. The third kappa shape index (κ3) is 2.82. The topological polar surface area (TPSA) is 65.1 Å². The summed E-state index contributed by atoms with van der Waals surface area (Å²) in [6.07, 6.45) is -1.65. The summed E-state index contributed by atoms with van der Waals surface area (Å²) in [5.74, 6) is 0. The van der Waals surface area contributed by atoms with Gasteiger partial charge in [-0.25, -0.2) is 8.78 Å². The SMILES string of the molecule is O=c1c([N+](=O)[O-])cc(Br)cn1CC(F)F. The van der Waals surface area contributed by atoms with Gasteiger partial charge in [-0.05, 0) is 15.9 Å². The van der Waals surface area contributed by atoms with Crippen molar-refractivity contribution in [2.24, 2.45) is 0 Å². The first-order valence-corrected chi connectivity index (χ1v) is 4.53. The Labute approximate surface area is 90.6 Å². The van der Waals surface area contributed by atoms with Gasteiger partial charge in [-0.2, -0.15) is 0 Å². The minimum absolute atomic E-state index is 0.203. The molecule has 0 aliphatic rings. The fraction of sp³-hybridized carbons (Fsp3) is 0.286. The normalized spacial score (nSPS) is 10.7. The highest BCUT2D eigenvalue weighted by Crippen LogP contribution is 2.14. The molecule has 0 saturated carbocycles. The lowest BCUT2D eigenvalue weighted by atomic mass is 10.4. The monoisotopic (exact) mass is 282 g/mol. The van der Waals surface area contributed by atoms with Gasteiger partial charge in [-0.15, -0.1) is 0 Å². The largest absolute Gasteiger partial charge is 0.335 e. The van der Waals surface area contributed by atoms with E-state index in [0.29, 0.717) is 4.57 Å². The van der Waals surface area contributed by atoms with E-state index in [1.54, 1.807) is 0 Å². The Kier molecular flexibility index (Phi) is 3.51. The summed E-state index contributed by atoms with van der Waals surface area (Å²) >= 11 is 2.90. The lowest BCUT2D eigenvalue weighted by Gasteiger charge is -2.04. The van der Waals surface area contributed by atoms with E-state index in [1.165, 1.54) is 0 Å². The van der Waals surface area contributed by atoms with Crippen molar-refractivity contribution in [3.05, 3.63) is 37.2 Å². The number of alkyl halides is 2. The van der Waals surface area contributed by atoms with Crippen LogP contribution in [0, 0.1) is 10.1 Å². The molecule has 0 amide bonds. The third-order valence-corrected chi connectivity index (χ3v) is 2.00. The third-order valence-electron chi connectivity index (χ3n) is 1.57. The summed E-state index contributed by atoms with van der Waals surface area (Å²) in [6.45, 7) is -0.862. The van der Waals surface area contributed by atoms with Gasteiger partial charge in [0.25, 0.3) is 6.43 Å². The first kappa shape index (κ1) is 11.8. The smallest absolute Gasteiger partial charge is 0.303 e. The molecule has 5 nitrogen and oxygen atoms in total. The zero-order chi connectivity index (χ0) is 11.6. The molecule has 82 valence electrons. The van der Waals surface area contributed by atoms with E-state index in [0.717, 1.165) is 12.3 Å². The molecule has 0 radical (unpaired) electrons. The average molecular weight is 283 g/mol. The van der Waals surface area contributed by atoms with E-state index < -0.39 is 29.1 Å². The van der Waals surface area contributed by atoms with Crippen molar-refractivity contribution in [3.8, 4) is 0 Å². The molecule has 1 aromatic heterocycles. The predicted octanol–water partition coefficient (Wildman–Crippen LogP) is 1.78. The van der Waals surface area contributed by atoms with Crippen LogP contribution in [0.3, 0.4) is 0 Å². The van der Waals surface area contributed by atoms with Gasteiger partial charge in [0.2, 0.25) is 0 Å². The first-order valence-electron chi connectivity index (χ1n) is 3.74. The number of nitro groups is 1. The zero-order valence-corrected chi connectivity index (χ0v) is 8.78. The lowest BCUT2D eigenvalue weighted by molar-refractivity contribution is -0.386. The van der Waals surface area contributed by atoms with Crippen LogP contribution in [0.2, 0.25) is 0 Å². The second-order valence-corrected chi connectivity index (χ2v) is 3.56. The zero-order valence-electron chi connectivity index (χ0n) is 7.19. The molecule has 0 saturated heterocycles. The lowest BCUT2D eigenvalue weighted by Crippen LogP contribution is -2.24. The Balaban J connectivity index is 3.29. The second-order valence-electron chi connectivity index (χ2n) is 2.65. The van der Waals surface area contributed by atoms with Crippen LogP contribution in [0.5, 0.6) is 0 Å². The number of pyridine rings is 1. The number of aromatic nitrogens is 1. The van der Waals surface area contributed by atoms with E-state index in [4.69, 9.17) is 0 Å². The fourth-order valence-electron chi connectivity index (χ4n) is 0.999. The van der Waals surface area contributed by atoms with E-state index in [-0.39, 0.29) is 4.47 Å². The molecule has 0 bridgehead atoms. The average Bonchev–Trinajstić information content (AvgIpc) is 2.09. The Morgan fingerprint density at radius 2 is 2.20 bits per heavy atom. The van der Waals surface area contributed by atoms with E-state index in [1.807, 2.05) is 0 Å². The molecule has 1 heterocycles. The van der Waals surface area contributed by atoms with Crippen molar-refractivity contribution in [3.63, 3.8) is 0 Å². The molecule has 1 rings (SSSR count). The molecule has 0 unspecified atom stereocenters.